The molecule has 0 radical (unpaired) electrons. The molecular weight excluding hydrogens is 411 g/mol. The number of halogens is 2. The number of aromatic amines is 2. The van der Waals surface area contributed by atoms with Crippen LogP contribution in [0.5, 0.6) is 11.6 Å². The Kier molecular flexibility index (Phi) is 3.31. The quantitative estimate of drug-likeness (QED) is 0.569. The lowest BCUT2D eigenvalue weighted by molar-refractivity contribution is 0.452. The number of H-pyrrole nitrogens is 2. The lowest BCUT2D eigenvalue weighted by Crippen LogP contribution is -2.33. The lowest BCUT2D eigenvalue weighted by Gasteiger charge is -2.12. The van der Waals surface area contributed by atoms with Gasteiger partial charge in [-0.2, -0.15) is 4.68 Å². The highest BCUT2D eigenvalue weighted by Gasteiger charge is 2.16. The Morgan fingerprint density at radius 1 is 1.21 bits per heavy atom. The number of hydrogen-bond acceptors (Lipinski definition) is 7. The SMILES string of the molecule is [2H]C([2H])([2H])C([2H])(c1cc(Oc2c(Cl)cc(-n3nc(N)c(=O)[nH]c3=O)cc2Cl)n[nH]c1=O)C([2H])([2H])[2H]. The second-order valence-electron chi connectivity index (χ2n) is 5.22. The van der Waals surface area contributed by atoms with Crippen molar-refractivity contribution in [1.29, 1.82) is 0 Å². The number of ether oxygens (including phenoxy) is 1. The molecule has 1 aromatic carbocycles. The van der Waals surface area contributed by atoms with Crippen LogP contribution in [-0.2, 0) is 0 Å². The molecule has 0 bridgehead atoms. The summed E-state index contributed by atoms with van der Waals surface area (Å²) < 4.78 is 59.6. The van der Waals surface area contributed by atoms with Crippen LogP contribution in [0.3, 0.4) is 0 Å². The maximum absolute atomic E-state index is 12.3. The smallest absolute Gasteiger partial charge is 0.349 e. The number of nitrogens with zero attached hydrogens (tertiary/aromatic N) is 3. The minimum Gasteiger partial charge on any atom is -0.434 e. The van der Waals surface area contributed by atoms with E-state index in [2.05, 4.69) is 10.2 Å². The Balaban J connectivity index is 2.10. The van der Waals surface area contributed by atoms with Crippen molar-refractivity contribution >= 4 is 29.0 Å². The van der Waals surface area contributed by atoms with Gasteiger partial charge in [0.05, 0.1) is 15.7 Å². The molecule has 4 N–H and O–H groups in total. The van der Waals surface area contributed by atoms with Crippen molar-refractivity contribution in [3.63, 3.8) is 0 Å². The number of anilines is 1. The molecule has 0 aliphatic carbocycles. The van der Waals surface area contributed by atoms with E-state index in [0.29, 0.717) is 10.7 Å². The summed E-state index contributed by atoms with van der Waals surface area (Å²) in [5.74, 6) is -4.65. The van der Waals surface area contributed by atoms with Crippen molar-refractivity contribution in [2.24, 2.45) is 0 Å². The highest BCUT2D eigenvalue weighted by atomic mass is 35.5. The maximum atomic E-state index is 12.3. The Labute approximate surface area is 176 Å². The van der Waals surface area contributed by atoms with Gasteiger partial charge in [-0.05, 0) is 18.0 Å². The van der Waals surface area contributed by atoms with Gasteiger partial charge in [-0.1, -0.05) is 36.9 Å². The van der Waals surface area contributed by atoms with E-state index in [-0.39, 0.29) is 21.5 Å². The van der Waals surface area contributed by atoms with Gasteiger partial charge in [0.1, 0.15) is 0 Å². The van der Waals surface area contributed by atoms with Crippen LogP contribution in [0, 0.1) is 0 Å². The highest BCUT2D eigenvalue weighted by Crippen LogP contribution is 2.37. The first kappa shape index (κ1) is 12.4. The molecule has 0 spiro atoms. The largest absolute Gasteiger partial charge is 0.434 e. The molecule has 0 atom stereocenters. The summed E-state index contributed by atoms with van der Waals surface area (Å²) in [5.41, 5.74) is 1.37. The van der Waals surface area contributed by atoms with Gasteiger partial charge in [-0.15, -0.1) is 10.2 Å². The predicted molar refractivity (Wildman–Crippen MR) is 104 cm³/mol. The molecule has 10 nitrogen and oxygen atoms in total. The van der Waals surface area contributed by atoms with Gasteiger partial charge < -0.3 is 10.5 Å². The Morgan fingerprint density at radius 2 is 1.89 bits per heavy atom. The first-order chi connectivity index (χ1) is 16.0. The molecule has 3 rings (SSSR count). The molecule has 3 aromatic rings. The molecule has 146 valence electrons. The van der Waals surface area contributed by atoms with Crippen LogP contribution in [0.2, 0.25) is 10.0 Å². The van der Waals surface area contributed by atoms with Crippen LogP contribution in [0.15, 0.2) is 32.6 Å². The van der Waals surface area contributed by atoms with Crippen LogP contribution < -0.4 is 27.3 Å². The summed E-state index contributed by atoms with van der Waals surface area (Å²) in [7, 11) is 0. The summed E-state index contributed by atoms with van der Waals surface area (Å²) in [6.45, 7) is -6.86. The van der Waals surface area contributed by atoms with E-state index in [1.165, 1.54) is 0 Å². The van der Waals surface area contributed by atoms with Crippen molar-refractivity contribution in [3.8, 4) is 17.3 Å². The summed E-state index contributed by atoms with van der Waals surface area (Å²) >= 11 is 12.4. The van der Waals surface area contributed by atoms with Crippen molar-refractivity contribution < 1.29 is 14.3 Å². The maximum Gasteiger partial charge on any atom is 0.349 e. The van der Waals surface area contributed by atoms with E-state index in [9.17, 15) is 14.4 Å². The molecule has 12 heteroatoms. The number of rotatable bonds is 4. The molecule has 0 amide bonds. The molecule has 0 aliphatic heterocycles. The van der Waals surface area contributed by atoms with Gasteiger partial charge in [0.2, 0.25) is 11.7 Å². The summed E-state index contributed by atoms with van der Waals surface area (Å²) in [6, 6.07) is 2.99. The number of hydrogen-bond donors (Lipinski definition) is 3. The minimum atomic E-state index is -3.43. The second-order valence-corrected chi connectivity index (χ2v) is 6.04. The van der Waals surface area contributed by atoms with Gasteiger partial charge >= 0.3 is 5.69 Å². The highest BCUT2D eigenvalue weighted by molar-refractivity contribution is 6.37. The predicted octanol–water partition coefficient (Wildman–Crippen LogP) is 1.81. The number of aromatic nitrogens is 5. The molecule has 0 saturated carbocycles. The van der Waals surface area contributed by atoms with Gasteiger partial charge in [0, 0.05) is 21.2 Å². The molecule has 28 heavy (non-hydrogen) atoms. The van der Waals surface area contributed by atoms with Crippen LogP contribution >= 0.6 is 23.2 Å². The zero-order valence-corrected chi connectivity index (χ0v) is 15.1. The Hall–Kier alpha value is -3.11. The first-order valence-corrected chi connectivity index (χ1v) is 7.99. The standard InChI is InChI=1S/C16H14Cl2N6O4/c1-6(2)8-5-11(21-22-14(8)25)28-12-9(17)3-7(4-10(12)18)24-16(27)20-15(26)13(19)23-24/h3-6H,1-2H3,(H2,19,23)(H,22,25)(H,20,26,27)/i1D3,2D3,6D. The van der Waals surface area contributed by atoms with Gasteiger partial charge in [-0.3, -0.25) is 14.6 Å². The van der Waals surface area contributed by atoms with Crippen LogP contribution in [0.25, 0.3) is 5.69 Å². The van der Waals surface area contributed by atoms with Gasteiger partial charge in [0.25, 0.3) is 11.1 Å². The van der Waals surface area contributed by atoms with Gasteiger partial charge in [0.15, 0.2) is 5.75 Å². The van der Waals surface area contributed by atoms with Crippen molar-refractivity contribution in [1.82, 2.24) is 25.0 Å². The first-order valence-electron chi connectivity index (χ1n) is 10.7. The monoisotopic (exact) mass is 431 g/mol. The van der Waals surface area contributed by atoms with Crippen molar-refractivity contribution in [3.05, 3.63) is 65.0 Å². The Bertz CT molecular complexity index is 1440. The average Bonchev–Trinajstić information content (AvgIpc) is 2.72. The number of benzene rings is 1. The van der Waals surface area contributed by atoms with Crippen molar-refractivity contribution in [2.45, 2.75) is 19.6 Å². The number of nitrogens with one attached hydrogen (secondary N) is 2. The van der Waals surface area contributed by atoms with Crippen LogP contribution in [-0.4, -0.2) is 25.0 Å². The molecule has 0 unspecified atom stereocenters. The van der Waals surface area contributed by atoms with E-state index in [1.54, 1.807) is 0 Å². The van der Waals surface area contributed by atoms with E-state index in [4.69, 9.17) is 43.3 Å². The van der Waals surface area contributed by atoms with Crippen LogP contribution in [0.1, 0.15) is 34.8 Å². The third-order valence-electron chi connectivity index (χ3n) is 3.34. The molecule has 0 saturated heterocycles. The topological polar surface area (TPSA) is 149 Å². The molecule has 2 aromatic heterocycles. The fourth-order valence-electron chi connectivity index (χ4n) is 2.08. The normalized spacial score (nSPS) is 16.0. The zero-order valence-electron chi connectivity index (χ0n) is 20.5. The zero-order chi connectivity index (χ0) is 26.5. The lowest BCUT2D eigenvalue weighted by atomic mass is 10.1. The molecule has 0 aliphatic rings. The number of nitrogen functional groups attached to an aromatic ring is 1. The van der Waals surface area contributed by atoms with E-state index >= 15 is 0 Å². The van der Waals surface area contributed by atoms with E-state index in [0.717, 1.165) is 12.1 Å². The third-order valence-corrected chi connectivity index (χ3v) is 3.90. The molecular formula is C16H14Cl2N6O4. The third kappa shape index (κ3) is 3.78. The Morgan fingerprint density at radius 3 is 2.54 bits per heavy atom. The average molecular weight is 432 g/mol. The minimum absolute atomic E-state index is 0.0228. The van der Waals surface area contributed by atoms with E-state index < -0.39 is 53.7 Å². The fourth-order valence-corrected chi connectivity index (χ4v) is 2.64. The number of nitrogens with two attached hydrogens (primary N) is 1. The molecule has 0 fully saturated rings. The summed E-state index contributed by atoms with van der Waals surface area (Å²) in [5, 5.41) is 8.62. The second kappa shape index (κ2) is 7.49. The van der Waals surface area contributed by atoms with Crippen LogP contribution in [0.4, 0.5) is 5.82 Å². The summed E-state index contributed by atoms with van der Waals surface area (Å²) in [4.78, 5) is 37.7. The van der Waals surface area contributed by atoms with Gasteiger partial charge in [-0.25, -0.2) is 9.89 Å². The summed E-state index contributed by atoms with van der Waals surface area (Å²) in [6.07, 6.45) is 0. The van der Waals surface area contributed by atoms with E-state index in [1.807, 2.05) is 10.1 Å². The van der Waals surface area contributed by atoms with Crippen molar-refractivity contribution in [2.75, 3.05) is 5.73 Å². The fraction of sp³-hybridized carbons (Fsp3) is 0.188. The molecule has 2 heterocycles.